The Labute approximate surface area is 120 Å². The number of aromatic nitrogens is 2. The minimum absolute atomic E-state index is 0.0226. The predicted molar refractivity (Wildman–Crippen MR) is 80.0 cm³/mol. The van der Waals surface area contributed by atoms with Gasteiger partial charge < -0.3 is 15.3 Å². The van der Waals surface area contributed by atoms with Gasteiger partial charge in [-0.1, -0.05) is 20.8 Å². The first-order valence-electron chi connectivity index (χ1n) is 6.66. The highest BCUT2D eigenvalue weighted by Gasteiger charge is 2.24. The Morgan fingerprint density at radius 1 is 1.45 bits per heavy atom. The molecule has 6 nitrogen and oxygen atoms in total. The van der Waals surface area contributed by atoms with Crippen LogP contribution >= 0.6 is 0 Å². The van der Waals surface area contributed by atoms with Gasteiger partial charge in [0.1, 0.15) is 5.82 Å². The van der Waals surface area contributed by atoms with Crippen molar-refractivity contribution in [1.29, 1.82) is 0 Å². The molecule has 0 spiro atoms. The summed E-state index contributed by atoms with van der Waals surface area (Å²) in [6.45, 7) is 6.48. The van der Waals surface area contributed by atoms with E-state index in [4.69, 9.17) is 0 Å². The Hall–Kier alpha value is -1.85. The van der Waals surface area contributed by atoms with Crippen LogP contribution in [0.5, 0.6) is 0 Å². The summed E-state index contributed by atoms with van der Waals surface area (Å²) in [7, 11) is 3.72. The average molecular weight is 280 g/mol. The zero-order valence-corrected chi connectivity index (χ0v) is 12.8. The molecule has 0 radical (unpaired) electrons. The van der Waals surface area contributed by atoms with E-state index in [0.29, 0.717) is 24.7 Å². The van der Waals surface area contributed by atoms with Crippen molar-refractivity contribution >= 4 is 17.7 Å². The summed E-state index contributed by atoms with van der Waals surface area (Å²) in [5.41, 5.74) is -0.0226. The zero-order valence-electron chi connectivity index (χ0n) is 12.8. The third-order valence-corrected chi connectivity index (χ3v) is 2.78. The largest absolute Gasteiger partial charge is 0.481 e. The van der Waals surface area contributed by atoms with Crippen molar-refractivity contribution in [2.45, 2.75) is 27.2 Å². The van der Waals surface area contributed by atoms with Crippen molar-refractivity contribution in [1.82, 2.24) is 9.97 Å². The standard InChI is InChI=1S/C14H24N4O2/c1-14(2,3)8-10(12(19)20)9-16-11-6-7-15-13(17-11)18(4)5/h6-7,10H,8-9H2,1-5H3,(H,19,20)(H,15,16,17). The van der Waals surface area contributed by atoms with E-state index in [2.05, 4.69) is 15.3 Å². The molecule has 1 heterocycles. The molecule has 0 bridgehead atoms. The molecule has 0 aliphatic carbocycles. The van der Waals surface area contributed by atoms with Crippen LogP contribution in [0.1, 0.15) is 27.2 Å². The van der Waals surface area contributed by atoms with E-state index in [9.17, 15) is 9.90 Å². The van der Waals surface area contributed by atoms with Gasteiger partial charge in [-0.05, 0) is 17.9 Å². The molecule has 0 aromatic carbocycles. The summed E-state index contributed by atoms with van der Waals surface area (Å²) in [4.78, 5) is 21.5. The maximum Gasteiger partial charge on any atom is 0.308 e. The highest BCUT2D eigenvalue weighted by molar-refractivity contribution is 5.70. The number of hydrogen-bond donors (Lipinski definition) is 2. The van der Waals surface area contributed by atoms with E-state index in [-0.39, 0.29) is 5.41 Å². The number of nitrogens with zero attached hydrogens (tertiary/aromatic N) is 3. The van der Waals surface area contributed by atoms with E-state index in [1.807, 2.05) is 34.9 Å². The Kier molecular flexibility index (Phi) is 5.30. The van der Waals surface area contributed by atoms with Gasteiger partial charge in [-0.15, -0.1) is 0 Å². The third kappa shape index (κ3) is 5.42. The van der Waals surface area contributed by atoms with Gasteiger partial charge >= 0.3 is 5.97 Å². The molecular weight excluding hydrogens is 256 g/mol. The van der Waals surface area contributed by atoms with Crippen LogP contribution < -0.4 is 10.2 Å². The fourth-order valence-electron chi connectivity index (χ4n) is 1.88. The quantitative estimate of drug-likeness (QED) is 0.830. The minimum Gasteiger partial charge on any atom is -0.481 e. The highest BCUT2D eigenvalue weighted by atomic mass is 16.4. The van der Waals surface area contributed by atoms with Crippen LogP contribution in [0.4, 0.5) is 11.8 Å². The van der Waals surface area contributed by atoms with Crippen molar-refractivity contribution in [3.8, 4) is 0 Å². The molecule has 0 aliphatic heterocycles. The summed E-state index contributed by atoms with van der Waals surface area (Å²) >= 11 is 0. The highest BCUT2D eigenvalue weighted by Crippen LogP contribution is 2.24. The number of rotatable bonds is 6. The number of carboxylic acid groups (broad SMARTS) is 1. The average Bonchev–Trinajstić information content (AvgIpc) is 2.33. The van der Waals surface area contributed by atoms with Crippen molar-refractivity contribution in [3.05, 3.63) is 12.3 Å². The van der Waals surface area contributed by atoms with Gasteiger partial charge in [0, 0.05) is 26.8 Å². The van der Waals surface area contributed by atoms with Gasteiger partial charge in [0.2, 0.25) is 5.95 Å². The fourth-order valence-corrected chi connectivity index (χ4v) is 1.88. The summed E-state index contributed by atoms with van der Waals surface area (Å²) in [6, 6.07) is 1.74. The maximum atomic E-state index is 11.3. The predicted octanol–water partition coefficient (Wildman–Crippen LogP) is 2.09. The van der Waals surface area contributed by atoms with Gasteiger partial charge in [0.15, 0.2) is 0 Å². The van der Waals surface area contributed by atoms with Crippen LogP contribution in [0.2, 0.25) is 0 Å². The topological polar surface area (TPSA) is 78.4 Å². The number of aliphatic carboxylic acids is 1. The lowest BCUT2D eigenvalue weighted by Crippen LogP contribution is -2.27. The molecule has 1 unspecified atom stereocenters. The molecule has 20 heavy (non-hydrogen) atoms. The first kappa shape index (κ1) is 16.2. The van der Waals surface area contributed by atoms with Gasteiger partial charge in [0.05, 0.1) is 5.92 Å². The smallest absolute Gasteiger partial charge is 0.308 e. The molecule has 112 valence electrons. The Morgan fingerprint density at radius 3 is 2.60 bits per heavy atom. The lowest BCUT2D eigenvalue weighted by atomic mass is 9.84. The molecule has 1 aromatic rings. The summed E-state index contributed by atoms with van der Waals surface area (Å²) in [5, 5.41) is 12.4. The monoisotopic (exact) mass is 280 g/mol. The van der Waals surface area contributed by atoms with Crippen LogP contribution in [0, 0.1) is 11.3 Å². The molecule has 0 saturated heterocycles. The Morgan fingerprint density at radius 2 is 2.10 bits per heavy atom. The number of anilines is 2. The first-order chi connectivity index (χ1) is 9.19. The molecule has 2 N–H and O–H groups in total. The minimum atomic E-state index is -0.783. The molecule has 6 heteroatoms. The van der Waals surface area contributed by atoms with Crippen molar-refractivity contribution < 1.29 is 9.90 Å². The molecular formula is C14H24N4O2. The third-order valence-electron chi connectivity index (χ3n) is 2.78. The van der Waals surface area contributed by atoms with E-state index < -0.39 is 11.9 Å². The van der Waals surface area contributed by atoms with E-state index >= 15 is 0 Å². The molecule has 1 atom stereocenters. The summed E-state index contributed by atoms with van der Waals surface area (Å²) in [6.07, 6.45) is 2.27. The van der Waals surface area contributed by atoms with Crippen LogP contribution in [0.25, 0.3) is 0 Å². The number of carboxylic acids is 1. The molecule has 0 aliphatic rings. The van der Waals surface area contributed by atoms with Gasteiger partial charge in [-0.3, -0.25) is 4.79 Å². The van der Waals surface area contributed by atoms with Gasteiger partial charge in [-0.25, -0.2) is 4.98 Å². The number of hydrogen-bond acceptors (Lipinski definition) is 5. The van der Waals surface area contributed by atoms with Crippen molar-refractivity contribution in [3.63, 3.8) is 0 Å². The van der Waals surface area contributed by atoms with Gasteiger partial charge in [0.25, 0.3) is 0 Å². The number of carbonyl (C=O) groups is 1. The fraction of sp³-hybridized carbons (Fsp3) is 0.643. The SMILES string of the molecule is CN(C)c1nccc(NCC(CC(C)(C)C)C(=O)O)n1. The zero-order chi connectivity index (χ0) is 15.3. The molecule has 1 rings (SSSR count). The summed E-state index contributed by atoms with van der Waals surface area (Å²) in [5.74, 6) is 0.0173. The molecule has 1 aromatic heterocycles. The second-order valence-corrected chi connectivity index (χ2v) is 6.32. The molecule has 0 fully saturated rings. The van der Waals surface area contributed by atoms with Gasteiger partial charge in [-0.2, -0.15) is 4.98 Å². The lowest BCUT2D eigenvalue weighted by Gasteiger charge is -2.23. The normalized spacial score (nSPS) is 12.8. The second-order valence-electron chi connectivity index (χ2n) is 6.32. The van der Waals surface area contributed by atoms with Crippen molar-refractivity contribution in [2.75, 3.05) is 30.9 Å². The summed E-state index contributed by atoms with van der Waals surface area (Å²) < 4.78 is 0. The van der Waals surface area contributed by atoms with Crippen LogP contribution in [0.15, 0.2) is 12.3 Å². The molecule has 0 amide bonds. The van der Waals surface area contributed by atoms with Crippen LogP contribution in [-0.4, -0.2) is 41.7 Å². The first-order valence-corrected chi connectivity index (χ1v) is 6.66. The number of nitrogens with one attached hydrogen (secondary N) is 1. The van der Waals surface area contributed by atoms with Crippen LogP contribution in [0.3, 0.4) is 0 Å². The maximum absolute atomic E-state index is 11.3. The second kappa shape index (κ2) is 6.54. The Bertz CT molecular complexity index is 455. The lowest BCUT2D eigenvalue weighted by molar-refractivity contribution is -0.142. The van der Waals surface area contributed by atoms with Crippen molar-refractivity contribution in [2.24, 2.45) is 11.3 Å². The van der Waals surface area contributed by atoms with E-state index in [1.165, 1.54) is 0 Å². The Balaban J connectivity index is 2.68. The molecule has 0 saturated carbocycles. The van der Waals surface area contributed by atoms with Crippen LogP contribution in [-0.2, 0) is 4.79 Å². The van der Waals surface area contributed by atoms with E-state index in [1.54, 1.807) is 17.2 Å². The van der Waals surface area contributed by atoms with E-state index in [0.717, 1.165) is 0 Å².